The SMILES string of the molecule is COC(=O)[C@@H]1C[C@@H](NCC2CN(C(=O)OC(C)(C)C)CCN2C(=O)OC(C)(C)C)CN1C(C)C. The van der Waals surface area contributed by atoms with Crippen molar-refractivity contribution in [2.75, 3.05) is 39.8 Å². The summed E-state index contributed by atoms with van der Waals surface area (Å²) in [4.78, 5) is 43.3. The molecule has 0 saturated carbocycles. The number of carbonyl (C=O) groups is 3. The number of amides is 2. The average molecular weight is 485 g/mol. The normalized spacial score (nSPS) is 24.4. The number of likely N-dealkylation sites (tertiary alicyclic amines) is 1. The molecule has 2 aliphatic rings. The van der Waals surface area contributed by atoms with Gasteiger partial charge in [0.05, 0.1) is 13.2 Å². The molecule has 0 spiro atoms. The summed E-state index contributed by atoms with van der Waals surface area (Å²) < 4.78 is 16.2. The highest BCUT2D eigenvalue weighted by atomic mass is 16.6. The molecule has 10 nitrogen and oxygen atoms in total. The standard InChI is InChI=1S/C24H44N4O6/c1-16(2)28-14-17(12-19(28)20(29)32-9)25-13-18-15-26(21(30)33-23(3,4)5)10-11-27(18)22(31)34-24(6,7)8/h16-19,25H,10-15H2,1-9H3/t17-,18?,19+/m1/s1. The summed E-state index contributed by atoms with van der Waals surface area (Å²) in [5.74, 6) is -0.234. The van der Waals surface area contributed by atoms with Crippen LogP contribution in [0.2, 0.25) is 0 Å². The van der Waals surface area contributed by atoms with Crippen LogP contribution in [-0.4, -0.2) is 108 Å². The fourth-order valence-corrected chi connectivity index (χ4v) is 4.33. The second-order valence-electron chi connectivity index (χ2n) is 11.4. The van der Waals surface area contributed by atoms with Gasteiger partial charge in [-0.1, -0.05) is 0 Å². The van der Waals surface area contributed by atoms with Crippen molar-refractivity contribution in [2.24, 2.45) is 0 Å². The van der Waals surface area contributed by atoms with E-state index in [2.05, 4.69) is 24.1 Å². The molecule has 2 heterocycles. The molecule has 2 aliphatic heterocycles. The molecule has 1 unspecified atom stereocenters. The van der Waals surface area contributed by atoms with Crippen LogP contribution >= 0.6 is 0 Å². The van der Waals surface area contributed by atoms with Crippen LogP contribution in [0.3, 0.4) is 0 Å². The molecule has 1 N–H and O–H groups in total. The third kappa shape index (κ3) is 8.01. The van der Waals surface area contributed by atoms with Crippen molar-refractivity contribution in [3.63, 3.8) is 0 Å². The molecule has 0 aromatic rings. The molecule has 2 saturated heterocycles. The zero-order valence-corrected chi connectivity index (χ0v) is 22.3. The Balaban J connectivity index is 2.11. The second kappa shape index (κ2) is 11.1. The Morgan fingerprint density at radius 2 is 1.53 bits per heavy atom. The van der Waals surface area contributed by atoms with Crippen molar-refractivity contribution in [3.05, 3.63) is 0 Å². The van der Waals surface area contributed by atoms with E-state index in [1.54, 1.807) is 9.80 Å². The van der Waals surface area contributed by atoms with E-state index < -0.39 is 17.3 Å². The van der Waals surface area contributed by atoms with Crippen LogP contribution in [0, 0.1) is 0 Å². The number of piperazine rings is 1. The maximum absolute atomic E-state index is 12.9. The largest absolute Gasteiger partial charge is 0.468 e. The topological polar surface area (TPSA) is 101 Å². The van der Waals surface area contributed by atoms with Crippen molar-refractivity contribution in [2.45, 2.75) is 97.2 Å². The van der Waals surface area contributed by atoms with Crippen molar-refractivity contribution < 1.29 is 28.6 Å². The molecule has 0 aromatic carbocycles. The number of carbonyl (C=O) groups excluding carboxylic acids is 3. The smallest absolute Gasteiger partial charge is 0.410 e. The Bertz CT molecular complexity index is 730. The lowest BCUT2D eigenvalue weighted by Gasteiger charge is -2.42. The first-order valence-corrected chi connectivity index (χ1v) is 12.2. The Labute approximate surface area is 204 Å². The van der Waals surface area contributed by atoms with Gasteiger partial charge in [0, 0.05) is 44.8 Å². The van der Waals surface area contributed by atoms with E-state index in [0.717, 1.165) is 0 Å². The Morgan fingerprint density at radius 1 is 0.941 bits per heavy atom. The predicted octanol–water partition coefficient (Wildman–Crippen LogP) is 2.46. The summed E-state index contributed by atoms with van der Waals surface area (Å²) in [5, 5.41) is 3.52. The van der Waals surface area contributed by atoms with Gasteiger partial charge in [-0.15, -0.1) is 0 Å². The number of nitrogens with one attached hydrogen (secondary N) is 1. The van der Waals surface area contributed by atoms with E-state index in [1.807, 2.05) is 41.5 Å². The van der Waals surface area contributed by atoms with E-state index >= 15 is 0 Å². The molecule has 3 atom stereocenters. The highest BCUT2D eigenvalue weighted by Gasteiger charge is 2.40. The van der Waals surface area contributed by atoms with Crippen LogP contribution in [0.15, 0.2) is 0 Å². The van der Waals surface area contributed by atoms with Crippen LogP contribution in [0.4, 0.5) is 9.59 Å². The minimum atomic E-state index is -0.617. The van der Waals surface area contributed by atoms with Gasteiger partial charge in [-0.2, -0.15) is 0 Å². The van der Waals surface area contributed by atoms with Crippen molar-refractivity contribution in [1.29, 1.82) is 0 Å². The molecule has 0 aromatic heterocycles. The minimum absolute atomic E-state index is 0.0592. The fraction of sp³-hybridized carbons (Fsp3) is 0.875. The zero-order chi connectivity index (χ0) is 25.8. The molecule has 2 amide bonds. The first kappa shape index (κ1) is 28.2. The third-order valence-electron chi connectivity index (χ3n) is 5.88. The lowest BCUT2D eigenvalue weighted by atomic mass is 10.1. The monoisotopic (exact) mass is 484 g/mol. The van der Waals surface area contributed by atoms with E-state index in [4.69, 9.17) is 14.2 Å². The predicted molar refractivity (Wildman–Crippen MR) is 129 cm³/mol. The van der Waals surface area contributed by atoms with Crippen LogP contribution < -0.4 is 5.32 Å². The number of methoxy groups -OCH3 is 1. The first-order chi connectivity index (χ1) is 15.6. The van der Waals surface area contributed by atoms with E-state index in [0.29, 0.717) is 39.1 Å². The second-order valence-corrected chi connectivity index (χ2v) is 11.4. The van der Waals surface area contributed by atoms with Crippen molar-refractivity contribution in [3.8, 4) is 0 Å². The number of nitrogens with zero attached hydrogens (tertiary/aromatic N) is 3. The number of esters is 1. The van der Waals surface area contributed by atoms with Crippen molar-refractivity contribution >= 4 is 18.2 Å². The number of hydrogen-bond acceptors (Lipinski definition) is 8. The van der Waals surface area contributed by atoms with Gasteiger partial charge in [-0.05, 0) is 61.8 Å². The Morgan fingerprint density at radius 3 is 2.06 bits per heavy atom. The van der Waals surface area contributed by atoms with Gasteiger partial charge in [-0.3, -0.25) is 9.69 Å². The van der Waals surface area contributed by atoms with Crippen LogP contribution in [0.5, 0.6) is 0 Å². The molecule has 196 valence electrons. The van der Waals surface area contributed by atoms with Gasteiger partial charge in [0.15, 0.2) is 0 Å². The van der Waals surface area contributed by atoms with Crippen LogP contribution in [0.1, 0.15) is 61.8 Å². The maximum atomic E-state index is 12.9. The lowest BCUT2D eigenvalue weighted by molar-refractivity contribution is -0.146. The van der Waals surface area contributed by atoms with E-state index in [9.17, 15) is 14.4 Å². The molecule has 34 heavy (non-hydrogen) atoms. The Kier molecular flexibility index (Phi) is 9.21. The molecule has 0 radical (unpaired) electrons. The van der Waals surface area contributed by atoms with Crippen LogP contribution in [0.25, 0.3) is 0 Å². The van der Waals surface area contributed by atoms with Gasteiger partial charge in [0.1, 0.15) is 17.2 Å². The summed E-state index contributed by atoms with van der Waals surface area (Å²) in [7, 11) is 1.41. The highest BCUT2D eigenvalue weighted by Crippen LogP contribution is 2.23. The number of hydrogen-bond donors (Lipinski definition) is 1. The molecule has 0 bridgehead atoms. The zero-order valence-electron chi connectivity index (χ0n) is 22.3. The maximum Gasteiger partial charge on any atom is 0.410 e. The summed E-state index contributed by atoms with van der Waals surface area (Å²) in [5.41, 5.74) is -1.21. The van der Waals surface area contributed by atoms with Gasteiger partial charge in [0.25, 0.3) is 0 Å². The summed E-state index contributed by atoms with van der Waals surface area (Å²) >= 11 is 0. The quantitative estimate of drug-likeness (QED) is 0.469. The first-order valence-electron chi connectivity index (χ1n) is 12.2. The summed E-state index contributed by atoms with van der Waals surface area (Å²) in [6.07, 6.45) is -0.162. The average Bonchev–Trinajstić information content (AvgIpc) is 3.13. The molecule has 0 aliphatic carbocycles. The van der Waals surface area contributed by atoms with Gasteiger partial charge in [0.2, 0.25) is 0 Å². The molecule has 2 fully saturated rings. The number of ether oxygens (including phenoxy) is 3. The molecular weight excluding hydrogens is 440 g/mol. The van der Waals surface area contributed by atoms with E-state index in [-0.39, 0.29) is 36.2 Å². The minimum Gasteiger partial charge on any atom is -0.468 e. The Hall–Kier alpha value is -2.07. The number of rotatable bonds is 5. The van der Waals surface area contributed by atoms with Crippen molar-refractivity contribution in [1.82, 2.24) is 20.0 Å². The highest BCUT2D eigenvalue weighted by molar-refractivity contribution is 5.76. The van der Waals surface area contributed by atoms with E-state index in [1.165, 1.54) is 7.11 Å². The summed E-state index contributed by atoms with van der Waals surface area (Å²) in [6.45, 7) is 17.3. The lowest BCUT2D eigenvalue weighted by Crippen LogP contribution is -2.61. The fourth-order valence-electron chi connectivity index (χ4n) is 4.33. The summed E-state index contributed by atoms with van der Waals surface area (Å²) in [6, 6.07) is -0.328. The van der Waals surface area contributed by atoms with Gasteiger partial charge >= 0.3 is 18.2 Å². The van der Waals surface area contributed by atoms with Crippen LogP contribution in [-0.2, 0) is 19.0 Å². The molecule has 2 rings (SSSR count). The van der Waals surface area contributed by atoms with Gasteiger partial charge < -0.3 is 29.3 Å². The molecule has 10 heteroatoms. The van der Waals surface area contributed by atoms with Gasteiger partial charge in [-0.25, -0.2) is 9.59 Å². The third-order valence-corrected chi connectivity index (χ3v) is 5.88. The molecular formula is C24H44N4O6.